The molecule has 1 aromatic rings. The first-order chi connectivity index (χ1) is 26.2. The van der Waals surface area contributed by atoms with Crippen molar-refractivity contribution in [2.24, 2.45) is 34.5 Å². The summed E-state index contributed by atoms with van der Waals surface area (Å²) in [5.41, 5.74) is 0.885. The highest BCUT2D eigenvalue weighted by molar-refractivity contribution is 6.01. The average Bonchev–Trinajstić information content (AvgIpc) is 3.44. The lowest BCUT2D eigenvalue weighted by Gasteiger charge is -2.58. The Bertz CT molecular complexity index is 1680. The fraction of sp³-hybridized carbons (Fsp3) is 0.625. The Kier molecular flexibility index (Phi) is 14.6. The molecule has 4 aliphatic carbocycles. The second-order valence-electron chi connectivity index (χ2n) is 16.1. The zero-order chi connectivity index (χ0) is 41.4. The van der Waals surface area contributed by atoms with Gasteiger partial charge in [-0.15, -0.1) is 10.1 Å². The number of carbonyl (C=O) groups excluding carboxylic acids is 5. The first kappa shape index (κ1) is 44.0. The minimum Gasteiger partial charge on any atom is -0.464 e. The van der Waals surface area contributed by atoms with E-state index in [0.717, 1.165) is 24.8 Å². The van der Waals surface area contributed by atoms with Crippen molar-refractivity contribution in [2.45, 2.75) is 104 Å². The monoisotopic (exact) mass is 786 g/mol. The van der Waals surface area contributed by atoms with Crippen LogP contribution in [0, 0.1) is 44.6 Å². The van der Waals surface area contributed by atoms with Gasteiger partial charge in [0.15, 0.2) is 24.0 Å². The maximum Gasteiger partial charge on any atom is 0.514 e. The minimum atomic E-state index is -1.50. The number of benzene rings is 1. The van der Waals surface area contributed by atoms with Crippen LogP contribution >= 0.6 is 0 Å². The summed E-state index contributed by atoms with van der Waals surface area (Å²) in [5, 5.41) is 39.6. The number of allylic oxidation sites excluding steroid dienone is 4. The number of hydrogen-bond acceptors (Lipinski definition) is 14. The maximum absolute atomic E-state index is 13.5. The van der Waals surface area contributed by atoms with Crippen LogP contribution in [0.25, 0.3) is 0 Å². The van der Waals surface area contributed by atoms with Crippen molar-refractivity contribution in [1.29, 1.82) is 0 Å². The lowest BCUT2D eigenvalue weighted by atomic mass is 9.46. The Morgan fingerprint density at radius 2 is 1.70 bits per heavy atom. The molecule has 4 N–H and O–H groups in total. The van der Waals surface area contributed by atoms with Crippen molar-refractivity contribution < 1.29 is 63.4 Å². The first-order valence-corrected chi connectivity index (χ1v) is 19.0. The van der Waals surface area contributed by atoms with Crippen molar-refractivity contribution in [2.75, 3.05) is 19.8 Å². The lowest BCUT2D eigenvalue weighted by molar-refractivity contribution is -0.757. The van der Waals surface area contributed by atoms with E-state index in [4.69, 9.17) is 24.4 Å². The van der Waals surface area contributed by atoms with E-state index in [1.165, 1.54) is 32.9 Å². The van der Waals surface area contributed by atoms with Crippen molar-refractivity contribution in [3.8, 4) is 5.75 Å². The molecule has 1 aromatic carbocycles. The molecule has 0 aromatic heterocycles. The molecule has 3 unspecified atom stereocenters. The summed E-state index contributed by atoms with van der Waals surface area (Å²) in [7, 11) is 0. The van der Waals surface area contributed by atoms with E-state index in [-0.39, 0.29) is 66.0 Å². The molecule has 16 heteroatoms. The molecule has 0 aliphatic heterocycles. The van der Waals surface area contributed by atoms with E-state index in [2.05, 4.69) is 24.0 Å². The molecule has 4 aliphatic rings. The second-order valence-corrected chi connectivity index (χ2v) is 16.1. The number of ether oxygens (including phenoxy) is 3. The van der Waals surface area contributed by atoms with Gasteiger partial charge in [0.25, 0.3) is 5.09 Å². The van der Waals surface area contributed by atoms with E-state index in [1.54, 1.807) is 24.3 Å². The second kappa shape index (κ2) is 18.5. The van der Waals surface area contributed by atoms with E-state index in [0.29, 0.717) is 31.2 Å². The van der Waals surface area contributed by atoms with Gasteiger partial charge in [-0.1, -0.05) is 37.6 Å². The zero-order valence-corrected chi connectivity index (χ0v) is 32.6. The summed E-state index contributed by atoms with van der Waals surface area (Å²) in [6.45, 7) is 7.48. The molecule has 0 radical (unpaired) electrons. The highest BCUT2D eigenvalue weighted by Crippen LogP contribution is 2.66. The predicted octanol–water partition coefficient (Wildman–Crippen LogP) is 3.95. The summed E-state index contributed by atoms with van der Waals surface area (Å²) in [6.07, 6.45) is 7.95. The molecule has 308 valence electrons. The minimum absolute atomic E-state index is 0.00315. The molecule has 1 amide bonds. The molecule has 0 heterocycles. The van der Waals surface area contributed by atoms with Crippen LogP contribution in [0.2, 0.25) is 0 Å². The van der Waals surface area contributed by atoms with Gasteiger partial charge in [-0.3, -0.25) is 14.4 Å². The third kappa shape index (κ3) is 11.4. The molecule has 3 fully saturated rings. The molecule has 0 spiro atoms. The number of esters is 1. The Hall–Kier alpha value is -4.67. The number of nitrogens with one attached hydrogen (secondary N) is 1. The van der Waals surface area contributed by atoms with E-state index in [1.807, 2.05) is 6.08 Å². The van der Waals surface area contributed by atoms with Gasteiger partial charge in [-0.05, 0) is 106 Å². The molecule has 16 nitrogen and oxygen atoms in total. The number of rotatable bonds is 14. The third-order valence-corrected chi connectivity index (χ3v) is 11.4. The Morgan fingerprint density at radius 3 is 2.34 bits per heavy atom. The van der Waals surface area contributed by atoms with Gasteiger partial charge >= 0.3 is 12.1 Å². The Labute approximate surface area is 325 Å². The summed E-state index contributed by atoms with van der Waals surface area (Å²) in [5.74, 6) is -2.64. The topological polar surface area (TPSA) is 238 Å². The fourth-order valence-corrected chi connectivity index (χ4v) is 9.20. The molecule has 5 rings (SSSR count). The summed E-state index contributed by atoms with van der Waals surface area (Å²) < 4.78 is 15.7. The number of carbonyl (C=O) groups is 5. The van der Waals surface area contributed by atoms with Gasteiger partial charge in [-0.2, -0.15) is 0 Å². The highest BCUT2D eigenvalue weighted by atomic mass is 16.9. The van der Waals surface area contributed by atoms with Crippen molar-refractivity contribution in [3.63, 3.8) is 0 Å². The number of Topliss-reactive ketones (excluding diaryl/α,β-unsaturated/α-hetero) is 1. The Balaban J connectivity index is 0.00000131. The van der Waals surface area contributed by atoms with Gasteiger partial charge in [0.1, 0.15) is 11.8 Å². The maximum atomic E-state index is 13.5. The number of aliphatic hydroxyl groups is 3. The quantitative estimate of drug-likeness (QED) is 0.0522. The van der Waals surface area contributed by atoms with Gasteiger partial charge in [-0.25, -0.2) is 9.59 Å². The van der Waals surface area contributed by atoms with Gasteiger partial charge in [0.2, 0.25) is 5.91 Å². The highest BCUT2D eigenvalue weighted by Gasteiger charge is 2.62. The lowest BCUT2D eigenvalue weighted by Crippen LogP contribution is -2.56. The van der Waals surface area contributed by atoms with Crippen LogP contribution in [0.5, 0.6) is 5.75 Å². The van der Waals surface area contributed by atoms with Gasteiger partial charge in [0.05, 0.1) is 19.3 Å². The van der Waals surface area contributed by atoms with Crippen LogP contribution in [0.4, 0.5) is 4.79 Å². The van der Waals surface area contributed by atoms with Crippen LogP contribution in [0.1, 0.15) is 85.1 Å². The number of fused-ring (bicyclic) bond motifs is 5. The van der Waals surface area contributed by atoms with Crippen LogP contribution in [0.3, 0.4) is 0 Å². The van der Waals surface area contributed by atoms with E-state index < -0.39 is 53.1 Å². The van der Waals surface area contributed by atoms with Gasteiger partial charge in [0, 0.05) is 30.6 Å². The normalized spacial score (nSPS) is 28.1. The number of hydrogen-bond donors (Lipinski definition) is 4. The van der Waals surface area contributed by atoms with Crippen molar-refractivity contribution in [3.05, 3.63) is 63.7 Å². The zero-order valence-electron chi connectivity index (χ0n) is 32.6. The molecular formula is C40H54N2O14. The number of unbranched alkanes of at least 4 members (excludes halogenated alkanes) is 1. The van der Waals surface area contributed by atoms with Crippen molar-refractivity contribution >= 4 is 29.6 Å². The largest absolute Gasteiger partial charge is 0.514 e. The summed E-state index contributed by atoms with van der Waals surface area (Å²) in [6, 6.07) is 5.22. The molecule has 0 saturated heterocycles. The standard InChI is InChI=1S/C37H46N2O12.C3H8O2/c1-22(40)38-30(34(44)48-16-4-5-17-50-39(46)47)18-23-6-9-26(10-7-23)51-35(45)49-21-32(43)29-13-12-28-27-11-8-24-19-25(41)14-15-36(24,2)33(27)31(42)20-37(28,29)3;1-3(2,4)5/h6-7,9-10,14-15,19,27-31,33,42H,4-5,8,11-13,16-18,20-21H2,1-3H3,(H,38,40);4-5H,1-2H3/t27?,28?,29-,30+,31+,33?,36+,37+;/m1./s1. The van der Waals surface area contributed by atoms with Gasteiger partial charge < -0.3 is 39.7 Å². The SMILES string of the molecule is CC(=O)N[C@@H](Cc1ccc(OC(=O)OCC(=O)[C@H]2CCC3C4CCC5=CC(=O)C=C[C@]5(C)C4[C@@H](O)C[C@@]32C)cc1)C(=O)OCCCCO[N+](=O)[O-].CC(C)(O)O. The first-order valence-electron chi connectivity index (χ1n) is 19.0. The van der Waals surface area contributed by atoms with E-state index >= 15 is 0 Å². The number of aliphatic hydroxyl groups excluding tert-OH is 1. The summed E-state index contributed by atoms with van der Waals surface area (Å²) >= 11 is 0. The smallest absolute Gasteiger partial charge is 0.464 e. The summed E-state index contributed by atoms with van der Waals surface area (Å²) in [4.78, 5) is 76.9. The van der Waals surface area contributed by atoms with Crippen LogP contribution in [0.15, 0.2) is 48.1 Å². The number of amides is 1. The van der Waals surface area contributed by atoms with Crippen LogP contribution < -0.4 is 10.1 Å². The van der Waals surface area contributed by atoms with E-state index in [9.17, 15) is 39.2 Å². The number of ketones is 2. The Morgan fingerprint density at radius 1 is 1.04 bits per heavy atom. The molecular weight excluding hydrogens is 732 g/mol. The molecule has 3 saturated carbocycles. The average molecular weight is 787 g/mol. The van der Waals surface area contributed by atoms with Crippen molar-refractivity contribution in [1.82, 2.24) is 5.32 Å². The fourth-order valence-electron chi connectivity index (χ4n) is 9.20. The molecule has 0 bridgehead atoms. The third-order valence-electron chi connectivity index (χ3n) is 11.4. The predicted molar refractivity (Wildman–Crippen MR) is 198 cm³/mol. The molecule has 8 atom stereocenters. The molecule has 56 heavy (non-hydrogen) atoms. The van der Waals surface area contributed by atoms with Crippen LogP contribution in [-0.2, 0) is 39.9 Å². The van der Waals surface area contributed by atoms with Crippen LogP contribution in [-0.4, -0.2) is 87.8 Å². The number of nitrogens with zero attached hydrogens (tertiary/aromatic N) is 1.